The van der Waals surface area contributed by atoms with E-state index in [0.717, 1.165) is 46.2 Å². The molecule has 2 atom stereocenters. The van der Waals surface area contributed by atoms with E-state index in [2.05, 4.69) is 57.6 Å². The summed E-state index contributed by atoms with van der Waals surface area (Å²) in [6, 6.07) is 26.8. The number of halogens is 1. The summed E-state index contributed by atoms with van der Waals surface area (Å²) >= 11 is 3.48. The largest absolute Gasteiger partial charge is 0.494 e. The molecule has 2 aliphatic rings. The number of hydrogen-bond donors (Lipinski definition) is 1. The molecule has 1 saturated heterocycles. The van der Waals surface area contributed by atoms with Crippen molar-refractivity contribution in [1.29, 1.82) is 0 Å². The van der Waals surface area contributed by atoms with Gasteiger partial charge in [-0.25, -0.2) is 0 Å². The minimum Gasteiger partial charge on any atom is -0.494 e. The van der Waals surface area contributed by atoms with E-state index in [1.807, 2.05) is 59.3 Å². The van der Waals surface area contributed by atoms with Crippen LogP contribution in [-0.2, 0) is 22.4 Å². The molecule has 3 aromatic rings. The third-order valence-corrected chi connectivity index (χ3v) is 8.48. The number of nitrogens with one attached hydrogen (secondary N) is 1. The first kappa shape index (κ1) is 29.1. The van der Waals surface area contributed by atoms with Crippen LogP contribution in [0.2, 0.25) is 0 Å². The number of hydrogen-bond acceptors (Lipinski definition) is 4. The van der Waals surface area contributed by atoms with Crippen LogP contribution in [-0.4, -0.2) is 67.0 Å². The zero-order chi connectivity index (χ0) is 28.8. The molecule has 214 valence electrons. The number of aryl methyl sites for hydroxylation is 1. The number of carbonyl (C=O) groups is 2. The Morgan fingerprint density at radius 1 is 0.976 bits per heavy atom. The minimum absolute atomic E-state index is 0.0334. The quantitative estimate of drug-likeness (QED) is 0.306. The molecule has 2 amide bonds. The number of likely N-dealkylation sites (N-methyl/N-ethyl adjacent to an activating group) is 1. The van der Waals surface area contributed by atoms with Crippen LogP contribution in [0.25, 0.3) is 5.57 Å². The van der Waals surface area contributed by atoms with E-state index in [4.69, 9.17) is 4.74 Å². The molecule has 6 nitrogen and oxygen atoms in total. The van der Waals surface area contributed by atoms with Gasteiger partial charge in [-0.2, -0.15) is 0 Å². The van der Waals surface area contributed by atoms with Gasteiger partial charge in [-0.1, -0.05) is 76.6 Å². The standard InChI is InChI=1S/C34H38BrN3O3/c1-24(39)38-22-29-21-31(27-15-13-26(14-16-27)10-7-19-41-30-12-6-11-28(35)20-30)33(32(23-38)36-29)34(40)37(2)18-17-25-8-4-3-5-9-25/h3-6,8-9,11-16,20,29,32,36H,7,10,17-19,21-23H2,1-2H3/t29?,32-/m1/s1. The topological polar surface area (TPSA) is 61.9 Å². The van der Waals surface area contributed by atoms with E-state index in [9.17, 15) is 9.59 Å². The van der Waals surface area contributed by atoms with Crippen LogP contribution in [0.1, 0.15) is 36.5 Å². The maximum Gasteiger partial charge on any atom is 0.251 e. The second-order valence-corrected chi connectivity index (χ2v) is 11.9. The van der Waals surface area contributed by atoms with Crippen molar-refractivity contribution >= 4 is 33.3 Å². The normalized spacial score (nSPS) is 18.3. The van der Waals surface area contributed by atoms with Crippen molar-refractivity contribution in [3.63, 3.8) is 0 Å². The molecular formula is C34H38BrN3O3. The summed E-state index contributed by atoms with van der Waals surface area (Å²) in [5.74, 6) is 0.959. The zero-order valence-corrected chi connectivity index (χ0v) is 25.4. The molecule has 2 aliphatic heterocycles. The van der Waals surface area contributed by atoms with Gasteiger partial charge in [0.15, 0.2) is 0 Å². The molecular weight excluding hydrogens is 578 g/mol. The first-order chi connectivity index (χ1) is 19.9. The third-order valence-electron chi connectivity index (χ3n) is 7.98. The number of benzene rings is 3. The predicted molar refractivity (Wildman–Crippen MR) is 167 cm³/mol. The summed E-state index contributed by atoms with van der Waals surface area (Å²) in [6.45, 7) is 4.07. The Labute approximate surface area is 251 Å². The minimum atomic E-state index is -0.178. The second-order valence-electron chi connectivity index (χ2n) is 11.0. The maximum atomic E-state index is 14.0. The third kappa shape index (κ3) is 7.46. The summed E-state index contributed by atoms with van der Waals surface area (Å²) in [5, 5.41) is 3.64. The molecule has 0 radical (unpaired) electrons. The highest BCUT2D eigenvalue weighted by atomic mass is 79.9. The molecule has 1 unspecified atom stereocenters. The summed E-state index contributed by atoms with van der Waals surface area (Å²) in [7, 11) is 1.88. The molecule has 41 heavy (non-hydrogen) atoms. The number of nitrogens with zero attached hydrogens (tertiary/aromatic N) is 2. The molecule has 0 aromatic heterocycles. The molecule has 0 aliphatic carbocycles. The van der Waals surface area contributed by atoms with Crippen molar-refractivity contribution in [2.45, 2.75) is 44.7 Å². The number of piperazine rings is 1. The average Bonchev–Trinajstić information content (AvgIpc) is 2.98. The van der Waals surface area contributed by atoms with E-state index in [1.165, 1.54) is 11.1 Å². The van der Waals surface area contributed by atoms with Gasteiger partial charge >= 0.3 is 0 Å². The van der Waals surface area contributed by atoms with Gasteiger partial charge in [-0.05, 0) is 66.1 Å². The lowest BCUT2D eigenvalue weighted by molar-refractivity contribution is -0.132. The number of carbonyl (C=O) groups excluding carboxylic acids is 2. The Hall–Kier alpha value is -3.42. The lowest BCUT2D eigenvalue weighted by atomic mass is 9.82. The van der Waals surface area contributed by atoms with E-state index < -0.39 is 0 Å². The Balaban J connectivity index is 1.30. The number of fused-ring (bicyclic) bond motifs is 2. The molecule has 1 N–H and O–H groups in total. The first-order valence-corrected chi connectivity index (χ1v) is 15.2. The van der Waals surface area contributed by atoms with Crippen molar-refractivity contribution in [1.82, 2.24) is 15.1 Å². The van der Waals surface area contributed by atoms with Crippen LogP contribution in [0.15, 0.2) is 88.9 Å². The average molecular weight is 617 g/mol. The van der Waals surface area contributed by atoms with Crippen LogP contribution in [0, 0.1) is 0 Å². The van der Waals surface area contributed by atoms with Crippen LogP contribution < -0.4 is 10.1 Å². The fraction of sp³-hybridized carbons (Fsp3) is 0.353. The molecule has 0 spiro atoms. The molecule has 2 heterocycles. The maximum absolute atomic E-state index is 14.0. The van der Waals surface area contributed by atoms with Gasteiger partial charge in [0.05, 0.1) is 12.6 Å². The fourth-order valence-electron chi connectivity index (χ4n) is 5.77. The molecule has 3 aromatic carbocycles. The lowest BCUT2D eigenvalue weighted by Crippen LogP contribution is -2.61. The highest BCUT2D eigenvalue weighted by molar-refractivity contribution is 9.10. The zero-order valence-electron chi connectivity index (χ0n) is 23.8. The summed E-state index contributed by atoms with van der Waals surface area (Å²) in [6.07, 6.45) is 3.35. The monoisotopic (exact) mass is 615 g/mol. The molecule has 1 fully saturated rings. The van der Waals surface area contributed by atoms with Crippen LogP contribution in [0.4, 0.5) is 0 Å². The first-order valence-electron chi connectivity index (χ1n) is 14.4. The Morgan fingerprint density at radius 3 is 2.46 bits per heavy atom. The van der Waals surface area contributed by atoms with Crippen molar-refractivity contribution in [3.8, 4) is 5.75 Å². The van der Waals surface area contributed by atoms with Gasteiger partial charge in [0.2, 0.25) is 5.91 Å². The number of ether oxygens (including phenoxy) is 1. The van der Waals surface area contributed by atoms with E-state index in [0.29, 0.717) is 32.7 Å². The van der Waals surface area contributed by atoms with Gasteiger partial charge < -0.3 is 19.9 Å². The summed E-state index contributed by atoms with van der Waals surface area (Å²) in [5.41, 5.74) is 5.44. The van der Waals surface area contributed by atoms with Crippen molar-refractivity contribution in [3.05, 3.63) is 106 Å². The van der Waals surface area contributed by atoms with E-state index >= 15 is 0 Å². The Kier molecular flexibility index (Phi) is 9.57. The van der Waals surface area contributed by atoms with Gasteiger partial charge in [0, 0.05) is 49.7 Å². The van der Waals surface area contributed by atoms with Crippen LogP contribution in [0.3, 0.4) is 0 Å². The van der Waals surface area contributed by atoms with Gasteiger partial charge in [-0.15, -0.1) is 0 Å². The Morgan fingerprint density at radius 2 is 1.73 bits per heavy atom. The fourth-order valence-corrected chi connectivity index (χ4v) is 6.15. The van der Waals surface area contributed by atoms with Gasteiger partial charge in [-0.3, -0.25) is 9.59 Å². The second kappa shape index (κ2) is 13.5. The van der Waals surface area contributed by atoms with Crippen LogP contribution >= 0.6 is 15.9 Å². The molecule has 0 saturated carbocycles. The molecule has 5 rings (SSSR count). The predicted octanol–water partition coefficient (Wildman–Crippen LogP) is 5.51. The SMILES string of the molecule is CC(=O)N1CC2CC(c3ccc(CCCOc4cccc(Br)c4)cc3)=C(C(=O)N(C)CCc3ccccc3)[C@@H](C1)N2. The van der Waals surface area contributed by atoms with Crippen LogP contribution in [0.5, 0.6) is 5.75 Å². The summed E-state index contributed by atoms with van der Waals surface area (Å²) in [4.78, 5) is 29.9. The van der Waals surface area contributed by atoms with E-state index in [-0.39, 0.29) is 23.9 Å². The van der Waals surface area contributed by atoms with Crippen molar-refractivity contribution < 1.29 is 14.3 Å². The summed E-state index contributed by atoms with van der Waals surface area (Å²) < 4.78 is 6.90. The number of amides is 2. The smallest absolute Gasteiger partial charge is 0.251 e. The van der Waals surface area contributed by atoms with Crippen molar-refractivity contribution in [2.75, 3.05) is 33.3 Å². The van der Waals surface area contributed by atoms with Crippen molar-refractivity contribution in [2.24, 2.45) is 0 Å². The van der Waals surface area contributed by atoms with Gasteiger partial charge in [0.1, 0.15) is 5.75 Å². The Bertz CT molecular complexity index is 1390. The van der Waals surface area contributed by atoms with E-state index in [1.54, 1.807) is 6.92 Å². The highest BCUT2D eigenvalue weighted by Gasteiger charge is 2.39. The molecule has 7 heteroatoms. The lowest BCUT2D eigenvalue weighted by Gasteiger charge is -2.44. The van der Waals surface area contributed by atoms with Gasteiger partial charge in [0.25, 0.3) is 5.91 Å². The number of rotatable bonds is 10. The highest BCUT2D eigenvalue weighted by Crippen LogP contribution is 2.34. The molecule has 2 bridgehead atoms.